The Balaban J connectivity index is 3.30. The molecular weight excluding hydrogens is 221 g/mol. The maximum absolute atomic E-state index is 13.0. The van der Waals surface area contributed by atoms with Crippen LogP contribution in [0.5, 0.6) is 0 Å². The van der Waals surface area contributed by atoms with E-state index in [0.29, 0.717) is 5.56 Å². The van der Waals surface area contributed by atoms with Gasteiger partial charge in [0, 0.05) is 5.88 Å². The SMILES string of the molecule is N#Cc1cc(F)cc(CC(=O)O)c1CCl. The van der Waals surface area contributed by atoms with E-state index in [1.165, 1.54) is 0 Å². The number of hydrogen-bond donors (Lipinski definition) is 1. The summed E-state index contributed by atoms with van der Waals surface area (Å²) in [6.07, 6.45) is -0.339. The van der Waals surface area contributed by atoms with Gasteiger partial charge in [-0.15, -0.1) is 11.6 Å². The zero-order chi connectivity index (χ0) is 11.4. The first-order valence-electron chi connectivity index (χ1n) is 4.07. The molecule has 0 saturated carbocycles. The Morgan fingerprint density at radius 2 is 2.27 bits per heavy atom. The number of carboxylic acids is 1. The van der Waals surface area contributed by atoms with Gasteiger partial charge in [-0.25, -0.2) is 4.39 Å². The molecule has 0 amide bonds. The molecule has 3 nitrogen and oxygen atoms in total. The fourth-order valence-corrected chi connectivity index (χ4v) is 1.59. The van der Waals surface area contributed by atoms with Gasteiger partial charge in [0.2, 0.25) is 0 Å². The van der Waals surface area contributed by atoms with Gasteiger partial charge in [-0.3, -0.25) is 4.79 Å². The number of nitrogens with zero attached hydrogens (tertiary/aromatic N) is 1. The van der Waals surface area contributed by atoms with Crippen molar-refractivity contribution in [2.24, 2.45) is 0 Å². The molecular formula is C10H7ClFNO2. The van der Waals surface area contributed by atoms with Crippen molar-refractivity contribution in [3.63, 3.8) is 0 Å². The van der Waals surface area contributed by atoms with Crippen molar-refractivity contribution in [1.82, 2.24) is 0 Å². The van der Waals surface area contributed by atoms with Crippen LogP contribution in [0.4, 0.5) is 4.39 Å². The fraction of sp³-hybridized carbons (Fsp3) is 0.200. The van der Waals surface area contributed by atoms with Gasteiger partial charge in [-0.2, -0.15) is 5.26 Å². The standard InChI is InChI=1S/C10H7ClFNO2/c11-4-9-6(3-10(14)15)1-8(12)2-7(9)5-13/h1-2H,3-4H2,(H,14,15). The van der Waals surface area contributed by atoms with Crippen LogP contribution in [0.15, 0.2) is 12.1 Å². The molecule has 78 valence electrons. The topological polar surface area (TPSA) is 61.1 Å². The molecule has 0 fully saturated rings. The van der Waals surface area contributed by atoms with Gasteiger partial charge in [0.05, 0.1) is 18.1 Å². The molecule has 0 spiro atoms. The molecule has 0 aliphatic heterocycles. The molecule has 0 bridgehead atoms. The molecule has 5 heteroatoms. The number of aliphatic carboxylic acids is 1. The van der Waals surface area contributed by atoms with Crippen LogP contribution in [0.25, 0.3) is 0 Å². The zero-order valence-electron chi connectivity index (χ0n) is 7.63. The smallest absolute Gasteiger partial charge is 0.307 e. The summed E-state index contributed by atoms with van der Waals surface area (Å²) < 4.78 is 13.0. The number of halogens is 2. The Bertz CT molecular complexity index is 440. The molecule has 1 rings (SSSR count). The predicted molar refractivity (Wildman–Crippen MR) is 52.0 cm³/mol. The second-order valence-corrected chi connectivity index (χ2v) is 3.17. The quantitative estimate of drug-likeness (QED) is 0.804. The second-order valence-electron chi connectivity index (χ2n) is 2.91. The molecule has 1 aromatic rings. The summed E-state index contributed by atoms with van der Waals surface area (Å²) in [5.74, 6) is -1.72. The van der Waals surface area contributed by atoms with E-state index in [2.05, 4.69) is 0 Å². The summed E-state index contributed by atoms with van der Waals surface area (Å²) in [5, 5.41) is 17.3. The van der Waals surface area contributed by atoms with Gasteiger partial charge < -0.3 is 5.11 Å². The summed E-state index contributed by atoms with van der Waals surface area (Å²) >= 11 is 5.59. The highest BCUT2D eigenvalue weighted by molar-refractivity contribution is 6.17. The molecule has 1 aromatic carbocycles. The van der Waals surface area contributed by atoms with E-state index in [9.17, 15) is 9.18 Å². The average Bonchev–Trinajstić information content (AvgIpc) is 2.15. The third-order valence-electron chi connectivity index (χ3n) is 1.90. The fourth-order valence-electron chi connectivity index (χ4n) is 1.27. The van der Waals surface area contributed by atoms with Crippen molar-refractivity contribution in [3.05, 3.63) is 34.6 Å². The van der Waals surface area contributed by atoms with Crippen LogP contribution >= 0.6 is 11.6 Å². The van der Waals surface area contributed by atoms with Crippen molar-refractivity contribution in [2.75, 3.05) is 0 Å². The van der Waals surface area contributed by atoms with Crippen molar-refractivity contribution in [3.8, 4) is 6.07 Å². The van der Waals surface area contributed by atoms with E-state index >= 15 is 0 Å². The number of hydrogen-bond acceptors (Lipinski definition) is 2. The lowest BCUT2D eigenvalue weighted by atomic mass is 10.0. The maximum atomic E-state index is 13.0. The lowest BCUT2D eigenvalue weighted by molar-refractivity contribution is -0.136. The minimum absolute atomic E-state index is 0.00815. The molecule has 0 aromatic heterocycles. The molecule has 15 heavy (non-hydrogen) atoms. The number of carboxylic acid groups (broad SMARTS) is 1. The van der Waals surface area contributed by atoms with Crippen LogP contribution < -0.4 is 0 Å². The van der Waals surface area contributed by atoms with Gasteiger partial charge >= 0.3 is 5.97 Å². The van der Waals surface area contributed by atoms with Gasteiger partial charge in [0.25, 0.3) is 0 Å². The van der Waals surface area contributed by atoms with Gasteiger partial charge in [-0.1, -0.05) is 0 Å². The normalized spacial score (nSPS) is 9.67. The highest BCUT2D eigenvalue weighted by atomic mass is 35.5. The summed E-state index contributed by atoms with van der Waals surface area (Å²) in [7, 11) is 0. The maximum Gasteiger partial charge on any atom is 0.307 e. The van der Waals surface area contributed by atoms with Gasteiger partial charge in [-0.05, 0) is 23.3 Å². The van der Waals surface area contributed by atoms with E-state index in [1.54, 1.807) is 6.07 Å². The van der Waals surface area contributed by atoms with E-state index in [-0.39, 0.29) is 23.4 Å². The van der Waals surface area contributed by atoms with Crippen molar-refractivity contribution < 1.29 is 14.3 Å². The van der Waals surface area contributed by atoms with Crippen LogP contribution in [-0.4, -0.2) is 11.1 Å². The Kier molecular flexibility index (Phi) is 3.64. The van der Waals surface area contributed by atoms with Gasteiger partial charge in [0.15, 0.2) is 0 Å². The lowest BCUT2D eigenvalue weighted by Gasteiger charge is -2.06. The summed E-state index contributed by atoms with van der Waals surface area (Å²) in [4.78, 5) is 10.5. The summed E-state index contributed by atoms with van der Waals surface area (Å²) in [6, 6.07) is 3.92. The number of alkyl halides is 1. The largest absolute Gasteiger partial charge is 0.481 e. The number of rotatable bonds is 3. The van der Waals surface area contributed by atoms with E-state index in [0.717, 1.165) is 12.1 Å². The molecule has 0 atom stereocenters. The van der Waals surface area contributed by atoms with Crippen LogP contribution in [0.3, 0.4) is 0 Å². The highest BCUT2D eigenvalue weighted by Crippen LogP contribution is 2.19. The molecule has 0 heterocycles. The minimum atomic E-state index is -1.09. The Hall–Kier alpha value is -1.60. The van der Waals surface area contributed by atoms with Crippen LogP contribution in [-0.2, 0) is 17.1 Å². The first-order valence-corrected chi connectivity index (χ1v) is 4.61. The average molecular weight is 228 g/mol. The van der Waals surface area contributed by atoms with Crippen LogP contribution in [0, 0.1) is 17.1 Å². The van der Waals surface area contributed by atoms with Crippen molar-refractivity contribution in [2.45, 2.75) is 12.3 Å². The lowest BCUT2D eigenvalue weighted by Crippen LogP contribution is -2.05. The molecule has 0 saturated heterocycles. The third-order valence-corrected chi connectivity index (χ3v) is 2.17. The summed E-state index contributed by atoms with van der Waals surface area (Å²) in [5.41, 5.74) is 0.707. The zero-order valence-corrected chi connectivity index (χ0v) is 8.38. The summed E-state index contributed by atoms with van der Waals surface area (Å²) in [6.45, 7) is 0. The molecule has 0 aliphatic rings. The number of carbonyl (C=O) groups is 1. The Morgan fingerprint density at radius 1 is 1.60 bits per heavy atom. The number of benzene rings is 1. The Labute approximate surface area is 90.7 Å². The van der Waals surface area contributed by atoms with Crippen LogP contribution in [0.2, 0.25) is 0 Å². The predicted octanol–water partition coefficient (Wildman–Crippen LogP) is 2.06. The molecule has 0 radical (unpaired) electrons. The first kappa shape index (κ1) is 11.5. The first-order chi connectivity index (χ1) is 7.08. The van der Waals surface area contributed by atoms with Crippen molar-refractivity contribution in [1.29, 1.82) is 5.26 Å². The minimum Gasteiger partial charge on any atom is -0.481 e. The monoisotopic (exact) mass is 227 g/mol. The van der Waals surface area contributed by atoms with Crippen molar-refractivity contribution >= 4 is 17.6 Å². The highest BCUT2D eigenvalue weighted by Gasteiger charge is 2.12. The van der Waals surface area contributed by atoms with E-state index in [1.807, 2.05) is 0 Å². The van der Waals surface area contributed by atoms with E-state index < -0.39 is 11.8 Å². The second kappa shape index (κ2) is 4.76. The molecule has 1 N–H and O–H groups in total. The van der Waals surface area contributed by atoms with E-state index in [4.69, 9.17) is 22.0 Å². The molecule has 0 unspecified atom stereocenters. The van der Waals surface area contributed by atoms with Crippen LogP contribution in [0.1, 0.15) is 16.7 Å². The Morgan fingerprint density at radius 3 is 2.73 bits per heavy atom. The van der Waals surface area contributed by atoms with Gasteiger partial charge in [0.1, 0.15) is 5.82 Å². The third kappa shape index (κ3) is 2.67. The number of nitriles is 1. The molecule has 0 aliphatic carbocycles.